The number of rotatable bonds is 8. The van der Waals surface area contributed by atoms with E-state index in [4.69, 9.17) is 11.0 Å². The van der Waals surface area contributed by atoms with Crippen molar-refractivity contribution in [3.05, 3.63) is 35.9 Å². The van der Waals surface area contributed by atoms with Gasteiger partial charge in [0.1, 0.15) is 0 Å². The summed E-state index contributed by atoms with van der Waals surface area (Å²) >= 11 is 0. The van der Waals surface area contributed by atoms with Crippen LogP contribution in [0.1, 0.15) is 44.7 Å². The zero-order valence-corrected chi connectivity index (χ0v) is 13.0. The first-order valence-corrected chi connectivity index (χ1v) is 7.49. The van der Waals surface area contributed by atoms with Gasteiger partial charge < -0.3 is 10.6 Å². The second kappa shape index (κ2) is 9.15. The minimum absolute atomic E-state index is 0.0883. The third-order valence-corrected chi connectivity index (χ3v) is 3.33. The molecule has 4 heteroatoms. The lowest BCUT2D eigenvalue weighted by molar-refractivity contribution is -0.131. The van der Waals surface area contributed by atoms with Gasteiger partial charge in [0, 0.05) is 25.6 Å². The summed E-state index contributed by atoms with van der Waals surface area (Å²) in [4.78, 5) is 14.1. The summed E-state index contributed by atoms with van der Waals surface area (Å²) < 4.78 is 0. The van der Waals surface area contributed by atoms with Gasteiger partial charge in [-0.25, -0.2) is 0 Å². The van der Waals surface area contributed by atoms with Crippen LogP contribution in [-0.4, -0.2) is 23.9 Å². The van der Waals surface area contributed by atoms with Crippen LogP contribution in [0.15, 0.2) is 30.3 Å². The summed E-state index contributed by atoms with van der Waals surface area (Å²) in [5.41, 5.74) is 7.18. The number of hydrogen-bond acceptors (Lipinski definition) is 3. The molecular weight excluding hydrogens is 262 g/mol. The fraction of sp³-hybridized carbons (Fsp3) is 0.529. The van der Waals surface area contributed by atoms with Gasteiger partial charge in [-0.05, 0) is 17.9 Å². The quantitative estimate of drug-likeness (QED) is 0.799. The van der Waals surface area contributed by atoms with Crippen molar-refractivity contribution in [1.29, 1.82) is 5.26 Å². The molecule has 4 nitrogen and oxygen atoms in total. The monoisotopic (exact) mass is 287 g/mol. The van der Waals surface area contributed by atoms with E-state index in [-0.39, 0.29) is 11.9 Å². The molecule has 1 atom stereocenters. The molecule has 1 amide bonds. The van der Waals surface area contributed by atoms with Crippen molar-refractivity contribution in [3.8, 4) is 6.07 Å². The molecule has 114 valence electrons. The van der Waals surface area contributed by atoms with Gasteiger partial charge in [-0.3, -0.25) is 4.79 Å². The Morgan fingerprint density at radius 2 is 2.00 bits per heavy atom. The predicted molar refractivity (Wildman–Crippen MR) is 84.3 cm³/mol. The Hall–Kier alpha value is -1.86. The SMILES string of the molecule is CC(C)CN(CCC#N)C(=O)CCC(N)c1ccccc1. The van der Waals surface area contributed by atoms with Crippen LogP contribution in [0.5, 0.6) is 0 Å². The number of nitrogens with two attached hydrogens (primary N) is 1. The van der Waals surface area contributed by atoms with Gasteiger partial charge in [0.2, 0.25) is 5.91 Å². The maximum absolute atomic E-state index is 12.3. The van der Waals surface area contributed by atoms with E-state index in [0.717, 1.165) is 5.56 Å². The molecule has 1 aromatic carbocycles. The van der Waals surface area contributed by atoms with Crippen molar-refractivity contribution in [2.45, 2.75) is 39.2 Å². The number of carbonyl (C=O) groups is 1. The maximum Gasteiger partial charge on any atom is 0.222 e. The molecule has 0 radical (unpaired) electrons. The molecule has 1 unspecified atom stereocenters. The average Bonchev–Trinajstić information content (AvgIpc) is 2.49. The number of nitrogens with zero attached hydrogens (tertiary/aromatic N) is 2. The van der Waals surface area contributed by atoms with Crippen LogP contribution in [0.2, 0.25) is 0 Å². The largest absolute Gasteiger partial charge is 0.341 e. The van der Waals surface area contributed by atoms with Crippen molar-refractivity contribution in [2.24, 2.45) is 11.7 Å². The number of carbonyl (C=O) groups excluding carboxylic acids is 1. The lowest BCUT2D eigenvalue weighted by atomic mass is 10.0. The van der Waals surface area contributed by atoms with E-state index in [1.807, 2.05) is 30.3 Å². The van der Waals surface area contributed by atoms with Gasteiger partial charge in [0.15, 0.2) is 0 Å². The topological polar surface area (TPSA) is 70.1 Å². The Balaban J connectivity index is 2.51. The highest BCUT2D eigenvalue weighted by Gasteiger charge is 2.16. The molecular formula is C17H25N3O. The number of benzene rings is 1. The average molecular weight is 287 g/mol. The lowest BCUT2D eigenvalue weighted by Gasteiger charge is -2.24. The Bertz CT molecular complexity index is 465. The van der Waals surface area contributed by atoms with Gasteiger partial charge in [-0.2, -0.15) is 5.26 Å². The van der Waals surface area contributed by atoms with Crippen LogP contribution in [0.3, 0.4) is 0 Å². The van der Waals surface area contributed by atoms with Crippen molar-refractivity contribution < 1.29 is 4.79 Å². The van der Waals surface area contributed by atoms with Gasteiger partial charge in [-0.1, -0.05) is 44.2 Å². The number of amides is 1. The first-order valence-electron chi connectivity index (χ1n) is 7.49. The Kier molecular flexibility index (Phi) is 7.49. The summed E-state index contributed by atoms with van der Waals surface area (Å²) in [6.45, 7) is 5.35. The molecule has 0 aliphatic heterocycles. The summed E-state index contributed by atoms with van der Waals surface area (Å²) in [5, 5.41) is 8.69. The molecule has 0 spiro atoms. The zero-order chi connectivity index (χ0) is 15.7. The minimum Gasteiger partial charge on any atom is -0.341 e. The van der Waals surface area contributed by atoms with E-state index in [1.54, 1.807) is 4.90 Å². The second-order valence-corrected chi connectivity index (χ2v) is 5.70. The Morgan fingerprint density at radius 3 is 2.57 bits per heavy atom. The fourth-order valence-electron chi connectivity index (χ4n) is 2.25. The molecule has 1 rings (SSSR count). The normalized spacial score (nSPS) is 12.0. The smallest absolute Gasteiger partial charge is 0.222 e. The highest BCUT2D eigenvalue weighted by atomic mass is 16.2. The lowest BCUT2D eigenvalue weighted by Crippen LogP contribution is -2.35. The third kappa shape index (κ3) is 6.42. The van der Waals surface area contributed by atoms with Gasteiger partial charge in [0.05, 0.1) is 12.5 Å². The van der Waals surface area contributed by atoms with E-state index in [9.17, 15) is 4.79 Å². The van der Waals surface area contributed by atoms with Crippen LogP contribution in [0.4, 0.5) is 0 Å². The molecule has 0 fully saturated rings. The van der Waals surface area contributed by atoms with Crippen molar-refractivity contribution in [2.75, 3.05) is 13.1 Å². The van der Waals surface area contributed by atoms with Gasteiger partial charge >= 0.3 is 0 Å². The molecule has 0 bridgehead atoms. The van der Waals surface area contributed by atoms with Crippen molar-refractivity contribution in [1.82, 2.24) is 4.90 Å². The minimum atomic E-state index is -0.119. The van der Waals surface area contributed by atoms with E-state index in [1.165, 1.54) is 0 Å². The first kappa shape index (κ1) is 17.2. The zero-order valence-electron chi connectivity index (χ0n) is 13.0. The fourth-order valence-corrected chi connectivity index (χ4v) is 2.25. The molecule has 0 aliphatic rings. The molecule has 0 saturated carbocycles. The van der Waals surface area contributed by atoms with Crippen LogP contribution >= 0.6 is 0 Å². The Labute approximate surface area is 127 Å². The van der Waals surface area contributed by atoms with Gasteiger partial charge in [-0.15, -0.1) is 0 Å². The number of nitriles is 1. The van der Waals surface area contributed by atoms with E-state index in [0.29, 0.717) is 38.3 Å². The standard InChI is InChI=1S/C17H25N3O/c1-14(2)13-20(12-6-11-18)17(21)10-9-16(19)15-7-4-3-5-8-15/h3-5,7-8,14,16H,6,9-10,12-13,19H2,1-2H3. The third-order valence-electron chi connectivity index (χ3n) is 3.33. The molecule has 0 heterocycles. The van der Waals surface area contributed by atoms with E-state index >= 15 is 0 Å². The van der Waals surface area contributed by atoms with E-state index in [2.05, 4.69) is 19.9 Å². The Morgan fingerprint density at radius 1 is 1.33 bits per heavy atom. The molecule has 1 aromatic rings. The summed E-state index contributed by atoms with van der Waals surface area (Å²) in [6.07, 6.45) is 1.43. The molecule has 21 heavy (non-hydrogen) atoms. The highest BCUT2D eigenvalue weighted by Crippen LogP contribution is 2.16. The van der Waals surface area contributed by atoms with Gasteiger partial charge in [0.25, 0.3) is 0 Å². The molecule has 2 N–H and O–H groups in total. The number of hydrogen-bond donors (Lipinski definition) is 1. The second-order valence-electron chi connectivity index (χ2n) is 5.70. The van der Waals surface area contributed by atoms with Crippen LogP contribution in [-0.2, 0) is 4.79 Å². The summed E-state index contributed by atoms with van der Waals surface area (Å²) in [7, 11) is 0. The van der Waals surface area contributed by atoms with Crippen LogP contribution < -0.4 is 5.73 Å². The first-order chi connectivity index (χ1) is 10.0. The van der Waals surface area contributed by atoms with Crippen LogP contribution in [0.25, 0.3) is 0 Å². The molecule has 0 aliphatic carbocycles. The van der Waals surface area contributed by atoms with Crippen molar-refractivity contribution >= 4 is 5.91 Å². The predicted octanol–water partition coefficient (Wildman–Crippen LogP) is 2.86. The maximum atomic E-state index is 12.3. The van der Waals surface area contributed by atoms with Crippen LogP contribution in [0, 0.1) is 17.2 Å². The summed E-state index contributed by atoms with van der Waals surface area (Å²) in [6, 6.07) is 11.8. The van der Waals surface area contributed by atoms with Crippen molar-refractivity contribution in [3.63, 3.8) is 0 Å². The summed E-state index contributed by atoms with van der Waals surface area (Å²) in [5.74, 6) is 0.487. The molecule has 0 saturated heterocycles. The molecule has 0 aromatic heterocycles. The van der Waals surface area contributed by atoms with E-state index < -0.39 is 0 Å². The highest BCUT2D eigenvalue weighted by molar-refractivity contribution is 5.76.